The van der Waals surface area contributed by atoms with Crippen LogP contribution in [0.15, 0.2) is 17.1 Å². The molecule has 3 N–H and O–H groups in total. The summed E-state index contributed by atoms with van der Waals surface area (Å²) >= 11 is 0. The number of rotatable bonds is 5. The Balaban J connectivity index is 2.93. The Bertz CT molecular complexity index is 398. The molecule has 0 saturated carbocycles. The molecule has 5 nitrogen and oxygen atoms in total. The zero-order valence-electron chi connectivity index (χ0n) is 8.58. The van der Waals surface area contributed by atoms with Gasteiger partial charge in [0.2, 0.25) is 5.43 Å². The van der Waals surface area contributed by atoms with Gasteiger partial charge in [-0.2, -0.15) is 0 Å². The van der Waals surface area contributed by atoms with E-state index in [1.807, 2.05) is 6.92 Å². The summed E-state index contributed by atoms with van der Waals surface area (Å²) in [4.78, 5) is 25.0. The fraction of sp³-hybridized carbons (Fsp3) is 0.400. The Morgan fingerprint density at radius 1 is 1.60 bits per heavy atom. The molecule has 0 radical (unpaired) electrons. The Kier molecular flexibility index (Phi) is 3.91. The number of carbonyl (C=O) groups excluding carboxylic acids is 1. The van der Waals surface area contributed by atoms with E-state index in [9.17, 15) is 9.59 Å². The molecule has 1 aromatic heterocycles. The molecule has 15 heavy (non-hydrogen) atoms. The topological polar surface area (TPSA) is 85.2 Å². The van der Waals surface area contributed by atoms with Crippen LogP contribution in [0.1, 0.15) is 30.3 Å². The number of unbranched alkanes of at least 4 members (excludes halogenated alkanes) is 1. The Hall–Kier alpha value is -1.78. The maximum absolute atomic E-state index is 11.4. The van der Waals surface area contributed by atoms with Gasteiger partial charge in [0.05, 0.1) is 6.61 Å². The molecule has 0 spiro atoms. The van der Waals surface area contributed by atoms with E-state index in [0.29, 0.717) is 6.61 Å². The van der Waals surface area contributed by atoms with Crippen molar-refractivity contribution in [1.29, 1.82) is 0 Å². The van der Waals surface area contributed by atoms with Crippen molar-refractivity contribution in [3.8, 4) is 5.75 Å². The number of aromatic nitrogens is 1. The number of hydrogen-bond acceptors (Lipinski definition) is 3. The van der Waals surface area contributed by atoms with E-state index in [-0.39, 0.29) is 16.9 Å². The first-order valence-electron chi connectivity index (χ1n) is 4.81. The molecule has 0 aliphatic carbocycles. The lowest BCUT2D eigenvalue weighted by Crippen LogP contribution is -2.20. The second-order valence-electron chi connectivity index (χ2n) is 3.11. The monoisotopic (exact) mass is 210 g/mol. The van der Waals surface area contributed by atoms with Gasteiger partial charge in [-0.3, -0.25) is 9.59 Å². The van der Waals surface area contributed by atoms with E-state index in [4.69, 9.17) is 10.5 Å². The molecule has 0 fully saturated rings. The molecule has 0 atom stereocenters. The summed E-state index contributed by atoms with van der Waals surface area (Å²) in [6.45, 7) is 2.41. The van der Waals surface area contributed by atoms with E-state index in [0.717, 1.165) is 12.8 Å². The van der Waals surface area contributed by atoms with Crippen molar-refractivity contribution in [2.24, 2.45) is 5.73 Å². The van der Waals surface area contributed by atoms with Crippen LogP contribution in [0, 0.1) is 0 Å². The van der Waals surface area contributed by atoms with Gasteiger partial charge in [0.15, 0.2) is 11.4 Å². The molecule has 5 heteroatoms. The third-order valence-corrected chi connectivity index (χ3v) is 1.90. The number of hydrogen-bond donors (Lipinski definition) is 2. The standard InChI is InChI=1S/C10H14N2O3/c1-2-3-6-15-9-7(13)4-5-12-8(9)10(11)14/h4-5H,2-3,6H2,1H3,(H2,11,14)(H,12,13). The summed E-state index contributed by atoms with van der Waals surface area (Å²) in [5, 5.41) is 0. The lowest BCUT2D eigenvalue weighted by Gasteiger charge is -2.07. The molecule has 0 bridgehead atoms. The number of ether oxygens (including phenoxy) is 1. The number of nitrogens with two attached hydrogens (primary N) is 1. The van der Waals surface area contributed by atoms with Gasteiger partial charge in [0, 0.05) is 12.3 Å². The number of amides is 1. The molecule has 1 amide bonds. The minimum Gasteiger partial charge on any atom is -0.487 e. The van der Waals surface area contributed by atoms with Gasteiger partial charge in [-0.05, 0) is 6.42 Å². The molecule has 0 aliphatic rings. The van der Waals surface area contributed by atoms with Crippen molar-refractivity contribution in [1.82, 2.24) is 4.98 Å². The average Bonchev–Trinajstić information content (AvgIpc) is 2.20. The van der Waals surface area contributed by atoms with Crippen molar-refractivity contribution in [2.45, 2.75) is 19.8 Å². The fourth-order valence-electron chi connectivity index (χ4n) is 1.11. The quantitative estimate of drug-likeness (QED) is 0.700. The van der Waals surface area contributed by atoms with E-state index >= 15 is 0 Å². The second-order valence-corrected chi connectivity index (χ2v) is 3.11. The van der Waals surface area contributed by atoms with Crippen LogP contribution in [-0.2, 0) is 0 Å². The van der Waals surface area contributed by atoms with Gasteiger partial charge in [0.25, 0.3) is 5.91 Å². The van der Waals surface area contributed by atoms with Gasteiger partial charge >= 0.3 is 0 Å². The third kappa shape index (κ3) is 2.83. The van der Waals surface area contributed by atoms with Crippen LogP contribution in [0.2, 0.25) is 0 Å². The average molecular weight is 210 g/mol. The number of primary amides is 1. The lowest BCUT2D eigenvalue weighted by atomic mass is 10.3. The first-order valence-corrected chi connectivity index (χ1v) is 4.81. The summed E-state index contributed by atoms with van der Waals surface area (Å²) in [6, 6.07) is 1.30. The molecule has 1 heterocycles. The van der Waals surface area contributed by atoms with Crippen LogP contribution < -0.4 is 15.9 Å². The molecule has 0 unspecified atom stereocenters. The summed E-state index contributed by atoms with van der Waals surface area (Å²) in [7, 11) is 0. The molecule has 82 valence electrons. The van der Waals surface area contributed by atoms with E-state index in [2.05, 4.69) is 4.98 Å². The summed E-state index contributed by atoms with van der Waals surface area (Å²) in [5.41, 5.74) is 4.79. The minimum absolute atomic E-state index is 0.0125. The zero-order valence-corrected chi connectivity index (χ0v) is 8.58. The molecular weight excluding hydrogens is 196 g/mol. The number of nitrogens with one attached hydrogen (secondary N) is 1. The lowest BCUT2D eigenvalue weighted by molar-refractivity contribution is 0.0991. The van der Waals surface area contributed by atoms with Gasteiger partial charge in [0.1, 0.15) is 0 Å². The van der Waals surface area contributed by atoms with Crippen molar-refractivity contribution >= 4 is 5.91 Å². The Morgan fingerprint density at radius 3 is 2.93 bits per heavy atom. The highest BCUT2D eigenvalue weighted by Crippen LogP contribution is 2.09. The molecule has 0 saturated heterocycles. The SMILES string of the molecule is CCCCOc1c(C(N)=O)[nH]ccc1=O. The van der Waals surface area contributed by atoms with Gasteiger partial charge in [-0.25, -0.2) is 0 Å². The van der Waals surface area contributed by atoms with Crippen molar-refractivity contribution in [3.63, 3.8) is 0 Å². The predicted octanol–water partition coefficient (Wildman–Crippen LogP) is 0.653. The van der Waals surface area contributed by atoms with Crippen LogP contribution in [-0.4, -0.2) is 17.5 Å². The van der Waals surface area contributed by atoms with Crippen LogP contribution in [0.5, 0.6) is 5.75 Å². The van der Waals surface area contributed by atoms with Gasteiger partial charge in [-0.1, -0.05) is 13.3 Å². The van der Waals surface area contributed by atoms with Crippen molar-refractivity contribution in [2.75, 3.05) is 6.61 Å². The smallest absolute Gasteiger partial charge is 0.269 e. The van der Waals surface area contributed by atoms with E-state index in [1.165, 1.54) is 12.3 Å². The summed E-state index contributed by atoms with van der Waals surface area (Å²) < 4.78 is 5.23. The summed E-state index contributed by atoms with van der Waals surface area (Å²) in [6.07, 6.45) is 3.15. The van der Waals surface area contributed by atoms with Crippen molar-refractivity contribution in [3.05, 3.63) is 28.2 Å². The highest BCUT2D eigenvalue weighted by atomic mass is 16.5. The van der Waals surface area contributed by atoms with Crippen molar-refractivity contribution < 1.29 is 9.53 Å². The molecular formula is C10H14N2O3. The Labute approximate surface area is 87.3 Å². The van der Waals surface area contributed by atoms with Crippen LogP contribution in [0.25, 0.3) is 0 Å². The second kappa shape index (κ2) is 5.19. The Morgan fingerprint density at radius 2 is 2.33 bits per heavy atom. The minimum atomic E-state index is -0.695. The van der Waals surface area contributed by atoms with E-state index < -0.39 is 5.91 Å². The van der Waals surface area contributed by atoms with Gasteiger partial charge < -0.3 is 15.5 Å². The zero-order chi connectivity index (χ0) is 11.3. The predicted molar refractivity (Wildman–Crippen MR) is 56.0 cm³/mol. The number of carbonyl (C=O) groups is 1. The molecule has 1 aromatic rings. The summed E-state index contributed by atoms with van der Waals surface area (Å²) in [5.74, 6) is -0.683. The first kappa shape index (κ1) is 11.3. The van der Waals surface area contributed by atoms with Gasteiger partial charge in [-0.15, -0.1) is 0 Å². The van der Waals surface area contributed by atoms with Crippen LogP contribution in [0.4, 0.5) is 0 Å². The molecule has 0 aliphatic heterocycles. The fourth-order valence-corrected chi connectivity index (χ4v) is 1.11. The normalized spacial score (nSPS) is 9.93. The first-order chi connectivity index (χ1) is 7.16. The number of aromatic amines is 1. The molecule has 0 aromatic carbocycles. The maximum atomic E-state index is 11.4. The highest BCUT2D eigenvalue weighted by molar-refractivity contribution is 5.93. The maximum Gasteiger partial charge on any atom is 0.269 e. The molecule has 1 rings (SSSR count). The number of pyridine rings is 1. The largest absolute Gasteiger partial charge is 0.487 e. The third-order valence-electron chi connectivity index (χ3n) is 1.90. The van der Waals surface area contributed by atoms with Crippen LogP contribution >= 0.6 is 0 Å². The highest BCUT2D eigenvalue weighted by Gasteiger charge is 2.12. The van der Waals surface area contributed by atoms with Crippen LogP contribution in [0.3, 0.4) is 0 Å². The number of H-pyrrole nitrogens is 1. The van der Waals surface area contributed by atoms with E-state index in [1.54, 1.807) is 0 Å².